The number of rotatable bonds is 6. The molecule has 1 aromatic rings. The molecule has 122 valence electrons. The van der Waals surface area contributed by atoms with Crippen LogP contribution in [-0.2, 0) is 11.2 Å². The number of nitrogens with one attached hydrogen (secondary N) is 1. The third-order valence-electron chi connectivity index (χ3n) is 4.49. The number of nitrogens with zero attached hydrogens (tertiary/aromatic N) is 1. The first-order valence-electron chi connectivity index (χ1n) is 8.39. The van der Waals surface area contributed by atoms with E-state index in [1.165, 1.54) is 18.4 Å². The van der Waals surface area contributed by atoms with Gasteiger partial charge in [-0.2, -0.15) is 11.3 Å². The monoisotopic (exact) mass is 322 g/mol. The number of amides is 2. The molecule has 1 aliphatic carbocycles. The van der Waals surface area contributed by atoms with E-state index < -0.39 is 0 Å². The van der Waals surface area contributed by atoms with Gasteiger partial charge in [-0.1, -0.05) is 0 Å². The third kappa shape index (κ3) is 4.71. The highest BCUT2D eigenvalue weighted by atomic mass is 32.1. The van der Waals surface area contributed by atoms with E-state index in [0.29, 0.717) is 6.10 Å². The van der Waals surface area contributed by atoms with Gasteiger partial charge in [-0.3, -0.25) is 0 Å². The van der Waals surface area contributed by atoms with E-state index in [1.54, 1.807) is 11.3 Å². The first-order valence-corrected chi connectivity index (χ1v) is 9.33. The molecule has 4 nitrogen and oxygen atoms in total. The second-order valence-electron chi connectivity index (χ2n) is 6.65. The molecule has 5 heteroatoms. The van der Waals surface area contributed by atoms with E-state index in [9.17, 15) is 4.79 Å². The molecule has 1 saturated carbocycles. The molecule has 2 heterocycles. The van der Waals surface area contributed by atoms with Gasteiger partial charge in [0.05, 0.1) is 6.10 Å². The smallest absolute Gasteiger partial charge is 0.317 e. The van der Waals surface area contributed by atoms with Gasteiger partial charge in [0.1, 0.15) is 0 Å². The molecule has 2 aliphatic rings. The molecule has 0 spiro atoms. The van der Waals surface area contributed by atoms with Gasteiger partial charge >= 0.3 is 6.03 Å². The highest BCUT2D eigenvalue weighted by molar-refractivity contribution is 7.07. The highest BCUT2D eigenvalue weighted by Crippen LogP contribution is 2.30. The van der Waals surface area contributed by atoms with E-state index in [1.807, 2.05) is 4.90 Å². The number of thiophene rings is 1. The Morgan fingerprint density at radius 2 is 2.18 bits per heavy atom. The third-order valence-corrected chi connectivity index (χ3v) is 5.22. The van der Waals surface area contributed by atoms with Crippen LogP contribution < -0.4 is 5.32 Å². The van der Waals surface area contributed by atoms with E-state index in [4.69, 9.17) is 4.74 Å². The highest BCUT2D eigenvalue weighted by Gasteiger charge is 2.27. The van der Waals surface area contributed by atoms with Crippen molar-refractivity contribution in [3.63, 3.8) is 0 Å². The molecule has 0 aromatic carbocycles. The Kier molecular flexibility index (Phi) is 5.37. The Morgan fingerprint density at radius 3 is 2.82 bits per heavy atom. The average Bonchev–Trinajstić information content (AvgIpc) is 3.21. The summed E-state index contributed by atoms with van der Waals surface area (Å²) < 4.78 is 5.93. The molecule has 1 aromatic heterocycles. The van der Waals surface area contributed by atoms with Gasteiger partial charge in [-0.15, -0.1) is 0 Å². The van der Waals surface area contributed by atoms with Gasteiger partial charge in [0, 0.05) is 25.7 Å². The van der Waals surface area contributed by atoms with Crippen LogP contribution in [0.3, 0.4) is 0 Å². The van der Waals surface area contributed by atoms with Crippen LogP contribution in [-0.4, -0.2) is 42.8 Å². The SMILES string of the molecule is CC(Cc1ccsc1)NC(=O)N1CCC(OCC2CC2)CC1. The normalized spacial score (nSPS) is 20.9. The zero-order valence-corrected chi connectivity index (χ0v) is 14.1. The average molecular weight is 322 g/mol. The Bertz CT molecular complexity index is 465. The van der Waals surface area contributed by atoms with Crippen molar-refractivity contribution in [3.05, 3.63) is 22.4 Å². The summed E-state index contributed by atoms with van der Waals surface area (Å²) in [6, 6.07) is 2.37. The predicted octanol–water partition coefficient (Wildman–Crippen LogP) is 3.28. The minimum absolute atomic E-state index is 0.0726. The molecule has 1 saturated heterocycles. The maximum absolute atomic E-state index is 12.3. The molecule has 1 unspecified atom stereocenters. The summed E-state index contributed by atoms with van der Waals surface area (Å²) in [5.74, 6) is 0.819. The quantitative estimate of drug-likeness (QED) is 0.873. The molecule has 1 aliphatic heterocycles. The maximum Gasteiger partial charge on any atom is 0.317 e. The number of carbonyl (C=O) groups is 1. The summed E-state index contributed by atoms with van der Waals surface area (Å²) in [5, 5.41) is 7.34. The van der Waals surface area contributed by atoms with Crippen molar-refractivity contribution in [1.82, 2.24) is 10.2 Å². The Morgan fingerprint density at radius 1 is 1.41 bits per heavy atom. The second-order valence-corrected chi connectivity index (χ2v) is 7.43. The van der Waals surface area contributed by atoms with Gasteiger partial charge in [-0.05, 0) is 67.3 Å². The van der Waals surface area contributed by atoms with Crippen LogP contribution in [0.15, 0.2) is 16.8 Å². The van der Waals surface area contributed by atoms with Gasteiger partial charge in [0.2, 0.25) is 0 Å². The van der Waals surface area contributed by atoms with Gasteiger partial charge in [0.25, 0.3) is 0 Å². The van der Waals surface area contributed by atoms with Crippen molar-refractivity contribution in [3.8, 4) is 0 Å². The fraction of sp³-hybridized carbons (Fsp3) is 0.706. The lowest BCUT2D eigenvalue weighted by Crippen LogP contribution is -2.48. The molecule has 3 rings (SSSR count). The minimum atomic E-state index is 0.0726. The number of piperidine rings is 1. The summed E-state index contributed by atoms with van der Waals surface area (Å²) in [6.45, 7) is 4.62. The van der Waals surface area contributed by atoms with Crippen LogP contribution in [0.25, 0.3) is 0 Å². The number of hydrogen-bond donors (Lipinski definition) is 1. The van der Waals surface area contributed by atoms with Crippen LogP contribution in [0.5, 0.6) is 0 Å². The first kappa shape index (κ1) is 15.8. The van der Waals surface area contributed by atoms with Crippen molar-refractivity contribution in [2.45, 2.75) is 51.2 Å². The van der Waals surface area contributed by atoms with Crippen LogP contribution in [0.4, 0.5) is 4.79 Å². The molecule has 1 N–H and O–H groups in total. The second kappa shape index (κ2) is 7.47. The number of likely N-dealkylation sites (tertiary alicyclic amines) is 1. The minimum Gasteiger partial charge on any atom is -0.378 e. The van der Waals surface area contributed by atoms with Crippen LogP contribution in [0.1, 0.15) is 38.2 Å². The number of ether oxygens (including phenoxy) is 1. The van der Waals surface area contributed by atoms with E-state index >= 15 is 0 Å². The number of urea groups is 1. The Hall–Kier alpha value is -1.07. The van der Waals surface area contributed by atoms with Crippen LogP contribution >= 0.6 is 11.3 Å². The zero-order chi connectivity index (χ0) is 15.4. The van der Waals surface area contributed by atoms with Gasteiger partial charge < -0.3 is 15.0 Å². The molecule has 2 fully saturated rings. The topological polar surface area (TPSA) is 41.6 Å². The maximum atomic E-state index is 12.3. The fourth-order valence-electron chi connectivity index (χ4n) is 2.90. The predicted molar refractivity (Wildman–Crippen MR) is 89.3 cm³/mol. The largest absolute Gasteiger partial charge is 0.378 e. The van der Waals surface area contributed by atoms with Gasteiger partial charge in [-0.25, -0.2) is 4.79 Å². The van der Waals surface area contributed by atoms with Crippen molar-refractivity contribution >= 4 is 17.4 Å². The summed E-state index contributed by atoms with van der Waals surface area (Å²) >= 11 is 1.70. The fourth-order valence-corrected chi connectivity index (χ4v) is 3.58. The van der Waals surface area contributed by atoms with E-state index in [2.05, 4.69) is 29.1 Å². The summed E-state index contributed by atoms with van der Waals surface area (Å²) in [4.78, 5) is 14.2. The van der Waals surface area contributed by atoms with Crippen molar-refractivity contribution in [1.29, 1.82) is 0 Å². The molecular formula is C17H26N2O2S. The first-order chi connectivity index (χ1) is 10.7. The standard InChI is InChI=1S/C17H26N2O2S/c1-13(10-15-6-9-22-12-15)18-17(20)19-7-4-16(5-8-19)21-11-14-2-3-14/h6,9,12-14,16H,2-5,7-8,10-11H2,1H3,(H,18,20). The molecule has 1 atom stereocenters. The van der Waals surface area contributed by atoms with E-state index in [0.717, 1.165) is 44.9 Å². The zero-order valence-electron chi connectivity index (χ0n) is 13.3. The molecule has 0 bridgehead atoms. The molecule has 0 radical (unpaired) electrons. The lowest BCUT2D eigenvalue weighted by Gasteiger charge is -2.32. The van der Waals surface area contributed by atoms with Crippen molar-refractivity contribution in [2.24, 2.45) is 5.92 Å². The molecular weight excluding hydrogens is 296 g/mol. The summed E-state index contributed by atoms with van der Waals surface area (Å²) in [5.41, 5.74) is 1.30. The lowest BCUT2D eigenvalue weighted by molar-refractivity contribution is 0.00934. The number of carbonyl (C=O) groups excluding carboxylic acids is 1. The Balaban J connectivity index is 1.35. The lowest BCUT2D eigenvalue weighted by atomic mass is 10.1. The summed E-state index contributed by atoms with van der Waals surface area (Å²) in [7, 11) is 0. The van der Waals surface area contributed by atoms with Gasteiger partial charge in [0.15, 0.2) is 0 Å². The van der Waals surface area contributed by atoms with Crippen LogP contribution in [0.2, 0.25) is 0 Å². The van der Waals surface area contributed by atoms with Crippen molar-refractivity contribution < 1.29 is 9.53 Å². The Labute approximate surface area is 136 Å². The van der Waals surface area contributed by atoms with E-state index in [-0.39, 0.29) is 12.1 Å². The molecule has 2 amide bonds. The molecule has 22 heavy (non-hydrogen) atoms. The van der Waals surface area contributed by atoms with Crippen molar-refractivity contribution in [2.75, 3.05) is 19.7 Å². The number of hydrogen-bond acceptors (Lipinski definition) is 3. The summed E-state index contributed by atoms with van der Waals surface area (Å²) in [6.07, 6.45) is 5.87. The van der Waals surface area contributed by atoms with Crippen LogP contribution in [0, 0.1) is 5.92 Å².